The summed E-state index contributed by atoms with van der Waals surface area (Å²) in [5, 5.41) is 0. The second kappa shape index (κ2) is 4.47. The molecule has 0 saturated carbocycles. The molecule has 3 heteroatoms. The minimum atomic E-state index is 0.682. The normalized spacial score (nSPS) is 24.7. The van der Waals surface area contributed by atoms with Crippen LogP contribution >= 0.6 is 0 Å². The van der Waals surface area contributed by atoms with Crippen LogP contribution in [-0.2, 0) is 6.54 Å². The van der Waals surface area contributed by atoms with Crippen LogP contribution in [0.4, 0.5) is 0 Å². The minimum absolute atomic E-state index is 0.682. The highest BCUT2D eigenvalue weighted by molar-refractivity contribution is 6.05. The highest BCUT2D eigenvalue weighted by Gasteiger charge is 2.42. The molecule has 3 rings (SSSR count). The zero-order valence-corrected chi connectivity index (χ0v) is 10.7. The smallest absolute Gasteiger partial charge is 0.185 e. The van der Waals surface area contributed by atoms with Gasteiger partial charge in [0.05, 0.1) is 0 Å². The number of likely N-dealkylation sites (tertiary alicyclic amines) is 1. The van der Waals surface area contributed by atoms with Gasteiger partial charge in [-0.1, -0.05) is 30.3 Å². The summed E-state index contributed by atoms with van der Waals surface area (Å²) in [6.07, 6.45) is 2.79. The molecular weight excluding hydrogens is 207 g/mol. The Kier molecular flexibility index (Phi) is 2.97. The van der Waals surface area contributed by atoms with Crippen molar-refractivity contribution in [2.24, 2.45) is 5.41 Å². The Hall–Kier alpha value is -0.795. The molecule has 1 spiro atoms. The van der Waals surface area contributed by atoms with Crippen molar-refractivity contribution in [2.45, 2.75) is 19.4 Å². The molecule has 90 valence electrons. The first-order chi connectivity index (χ1) is 8.26. The van der Waals surface area contributed by atoms with E-state index in [1.165, 1.54) is 44.6 Å². The van der Waals surface area contributed by atoms with Crippen molar-refractivity contribution in [1.29, 1.82) is 0 Å². The standard InChI is InChI=1S/C14H21BN2/c15-17-11-14(12-17)6-8-16(9-7-14)10-13-4-2-1-3-5-13/h1-5H,6-12,15H2. The highest BCUT2D eigenvalue weighted by atomic mass is 15.2. The van der Waals surface area contributed by atoms with E-state index in [-0.39, 0.29) is 0 Å². The monoisotopic (exact) mass is 228 g/mol. The lowest BCUT2D eigenvalue weighted by molar-refractivity contribution is -0.000837. The summed E-state index contributed by atoms with van der Waals surface area (Å²) in [6.45, 7) is 6.34. The summed E-state index contributed by atoms with van der Waals surface area (Å²) in [6, 6.07) is 10.9. The lowest BCUT2D eigenvalue weighted by Crippen LogP contribution is -2.59. The third-order valence-corrected chi connectivity index (χ3v) is 4.38. The van der Waals surface area contributed by atoms with Crippen LogP contribution in [0, 0.1) is 5.41 Å². The summed E-state index contributed by atoms with van der Waals surface area (Å²) in [5.74, 6) is 0. The van der Waals surface area contributed by atoms with Gasteiger partial charge in [0.15, 0.2) is 7.98 Å². The first kappa shape index (κ1) is 11.3. The Labute approximate surface area is 105 Å². The first-order valence-electron chi connectivity index (χ1n) is 6.71. The van der Waals surface area contributed by atoms with Gasteiger partial charge in [0.2, 0.25) is 0 Å². The Morgan fingerprint density at radius 1 is 1.06 bits per heavy atom. The molecular formula is C14H21BN2. The third kappa shape index (κ3) is 2.40. The van der Waals surface area contributed by atoms with Crippen molar-refractivity contribution in [3.63, 3.8) is 0 Å². The molecule has 2 fully saturated rings. The van der Waals surface area contributed by atoms with E-state index < -0.39 is 0 Å². The SMILES string of the molecule is BN1CC2(CCN(Cc3ccccc3)CC2)C1. The molecule has 0 amide bonds. The number of nitrogens with zero attached hydrogens (tertiary/aromatic N) is 2. The van der Waals surface area contributed by atoms with Crippen LogP contribution in [0.25, 0.3) is 0 Å². The van der Waals surface area contributed by atoms with Gasteiger partial charge in [0.25, 0.3) is 0 Å². The number of benzene rings is 1. The highest BCUT2D eigenvalue weighted by Crippen LogP contribution is 2.39. The topological polar surface area (TPSA) is 6.48 Å². The maximum atomic E-state index is 2.61. The fourth-order valence-corrected chi connectivity index (χ4v) is 3.44. The molecule has 0 aromatic heterocycles. The van der Waals surface area contributed by atoms with E-state index in [1.807, 2.05) is 0 Å². The third-order valence-electron chi connectivity index (χ3n) is 4.38. The molecule has 0 N–H and O–H groups in total. The molecule has 17 heavy (non-hydrogen) atoms. The summed E-state index contributed by atoms with van der Waals surface area (Å²) >= 11 is 0. The summed E-state index contributed by atoms with van der Waals surface area (Å²) in [5.41, 5.74) is 2.14. The fraction of sp³-hybridized carbons (Fsp3) is 0.571. The van der Waals surface area contributed by atoms with E-state index in [0.717, 1.165) is 6.54 Å². The average molecular weight is 228 g/mol. The van der Waals surface area contributed by atoms with E-state index in [0.29, 0.717) is 5.41 Å². The lowest BCUT2D eigenvalue weighted by Gasteiger charge is -2.53. The maximum Gasteiger partial charge on any atom is 0.185 e. The molecule has 0 atom stereocenters. The molecule has 0 unspecified atom stereocenters. The Morgan fingerprint density at radius 2 is 1.71 bits per heavy atom. The largest absolute Gasteiger partial charge is 0.348 e. The predicted molar refractivity (Wildman–Crippen MR) is 73.5 cm³/mol. The van der Waals surface area contributed by atoms with Crippen molar-refractivity contribution < 1.29 is 0 Å². The van der Waals surface area contributed by atoms with E-state index in [2.05, 4.69) is 48.0 Å². The van der Waals surface area contributed by atoms with E-state index in [9.17, 15) is 0 Å². The molecule has 2 saturated heterocycles. The van der Waals surface area contributed by atoms with Crippen LogP contribution in [0.2, 0.25) is 0 Å². The average Bonchev–Trinajstić information content (AvgIpc) is 2.32. The van der Waals surface area contributed by atoms with Gasteiger partial charge in [0, 0.05) is 6.54 Å². The molecule has 1 aromatic rings. The number of hydrogen-bond acceptors (Lipinski definition) is 2. The first-order valence-corrected chi connectivity index (χ1v) is 6.71. The second-order valence-electron chi connectivity index (χ2n) is 5.93. The van der Waals surface area contributed by atoms with Gasteiger partial charge >= 0.3 is 0 Å². The van der Waals surface area contributed by atoms with Gasteiger partial charge in [0.1, 0.15) is 0 Å². The molecule has 2 nitrogen and oxygen atoms in total. The van der Waals surface area contributed by atoms with Crippen molar-refractivity contribution >= 4 is 7.98 Å². The van der Waals surface area contributed by atoms with Crippen LogP contribution in [0.3, 0.4) is 0 Å². The zero-order valence-electron chi connectivity index (χ0n) is 10.7. The van der Waals surface area contributed by atoms with Crippen molar-refractivity contribution in [3.05, 3.63) is 35.9 Å². The van der Waals surface area contributed by atoms with Crippen LogP contribution in [-0.4, -0.2) is 43.9 Å². The molecule has 2 aliphatic rings. The van der Waals surface area contributed by atoms with Crippen LogP contribution in [0.5, 0.6) is 0 Å². The van der Waals surface area contributed by atoms with Gasteiger partial charge in [-0.2, -0.15) is 0 Å². The van der Waals surface area contributed by atoms with Gasteiger partial charge < -0.3 is 4.81 Å². The van der Waals surface area contributed by atoms with Crippen LogP contribution in [0.15, 0.2) is 30.3 Å². The number of piperidine rings is 1. The van der Waals surface area contributed by atoms with Gasteiger partial charge in [-0.15, -0.1) is 0 Å². The molecule has 2 aliphatic heterocycles. The van der Waals surface area contributed by atoms with Crippen molar-refractivity contribution in [3.8, 4) is 0 Å². The number of hydrogen-bond donors (Lipinski definition) is 0. The summed E-state index contributed by atoms with van der Waals surface area (Å²) < 4.78 is 0. The summed E-state index contributed by atoms with van der Waals surface area (Å²) in [4.78, 5) is 5.06. The van der Waals surface area contributed by atoms with Crippen molar-refractivity contribution in [1.82, 2.24) is 9.71 Å². The van der Waals surface area contributed by atoms with Gasteiger partial charge in [-0.05, 0) is 50.0 Å². The predicted octanol–water partition coefficient (Wildman–Crippen LogP) is 1.13. The van der Waals surface area contributed by atoms with E-state index in [1.54, 1.807) is 0 Å². The maximum absolute atomic E-state index is 2.61. The molecule has 0 bridgehead atoms. The summed E-state index contributed by atoms with van der Waals surface area (Å²) in [7, 11) is 2.24. The second-order valence-corrected chi connectivity index (χ2v) is 5.93. The molecule has 1 aromatic carbocycles. The van der Waals surface area contributed by atoms with E-state index in [4.69, 9.17) is 0 Å². The van der Waals surface area contributed by atoms with Gasteiger partial charge in [-0.3, -0.25) is 4.90 Å². The minimum Gasteiger partial charge on any atom is -0.348 e. The van der Waals surface area contributed by atoms with Crippen LogP contribution < -0.4 is 0 Å². The number of rotatable bonds is 2. The van der Waals surface area contributed by atoms with Crippen molar-refractivity contribution in [2.75, 3.05) is 26.2 Å². The van der Waals surface area contributed by atoms with Gasteiger partial charge in [-0.25, -0.2) is 0 Å². The lowest BCUT2D eigenvalue weighted by atomic mass is 9.70. The molecule has 2 heterocycles. The van der Waals surface area contributed by atoms with Crippen LogP contribution in [0.1, 0.15) is 18.4 Å². The molecule has 0 aliphatic carbocycles. The fourth-order valence-electron chi connectivity index (χ4n) is 3.44. The zero-order chi connectivity index (χ0) is 11.7. The Balaban J connectivity index is 1.52. The Bertz CT molecular complexity index is 363. The van der Waals surface area contributed by atoms with E-state index >= 15 is 0 Å². The Morgan fingerprint density at radius 3 is 2.29 bits per heavy atom. The quantitative estimate of drug-likeness (QED) is 0.700. The molecule has 0 radical (unpaired) electrons.